The molecule has 4 rings (SSSR count). The minimum absolute atomic E-state index is 0.0255. The van der Waals surface area contributed by atoms with Crippen LogP contribution in [0.25, 0.3) is 0 Å². The first-order valence-electron chi connectivity index (χ1n) is 8.24. The predicted molar refractivity (Wildman–Crippen MR) is 93.8 cm³/mol. The Morgan fingerprint density at radius 2 is 1.92 bits per heavy atom. The Morgan fingerprint density at radius 3 is 2.62 bits per heavy atom. The molecule has 0 saturated carbocycles. The molecule has 2 aromatic rings. The molecule has 0 amide bonds. The highest BCUT2D eigenvalue weighted by molar-refractivity contribution is 6.29. The van der Waals surface area contributed by atoms with Gasteiger partial charge in [0.15, 0.2) is 11.6 Å². The Morgan fingerprint density at radius 1 is 1.15 bits per heavy atom. The number of benzene rings is 2. The van der Waals surface area contributed by atoms with Crippen LogP contribution in [-0.4, -0.2) is 34.5 Å². The second-order valence-electron chi connectivity index (χ2n) is 6.71. The number of terminal acetylenes is 1. The molecule has 2 aromatic carbocycles. The SMILES string of the molecule is C#CC1(O)CCc2c(cc3c(c2O)C(=O)c2ccc(OC)cc2C3=O)C1. The number of aliphatic hydroxyl groups is 1. The molecule has 5 nitrogen and oxygen atoms in total. The number of phenols is 1. The maximum absolute atomic E-state index is 13.0. The molecule has 2 aliphatic carbocycles. The lowest BCUT2D eigenvalue weighted by molar-refractivity contribution is 0.0857. The molecule has 0 aliphatic heterocycles. The van der Waals surface area contributed by atoms with E-state index in [0.717, 1.165) is 0 Å². The maximum atomic E-state index is 13.0. The molecule has 0 spiro atoms. The van der Waals surface area contributed by atoms with Gasteiger partial charge in [-0.3, -0.25) is 9.59 Å². The van der Waals surface area contributed by atoms with Crippen molar-refractivity contribution in [3.63, 3.8) is 0 Å². The van der Waals surface area contributed by atoms with Crippen molar-refractivity contribution >= 4 is 11.6 Å². The van der Waals surface area contributed by atoms with E-state index in [1.165, 1.54) is 19.2 Å². The summed E-state index contributed by atoms with van der Waals surface area (Å²) < 4.78 is 5.14. The van der Waals surface area contributed by atoms with Crippen LogP contribution in [-0.2, 0) is 12.8 Å². The van der Waals surface area contributed by atoms with E-state index in [-0.39, 0.29) is 40.2 Å². The van der Waals surface area contributed by atoms with Gasteiger partial charge in [-0.1, -0.05) is 5.92 Å². The number of fused-ring (bicyclic) bond motifs is 3. The molecule has 0 bridgehead atoms. The highest BCUT2D eigenvalue weighted by Gasteiger charge is 2.38. The monoisotopic (exact) mass is 348 g/mol. The number of rotatable bonds is 1. The molecule has 26 heavy (non-hydrogen) atoms. The van der Waals surface area contributed by atoms with Crippen LogP contribution in [0.4, 0.5) is 0 Å². The lowest BCUT2D eigenvalue weighted by Crippen LogP contribution is -2.35. The maximum Gasteiger partial charge on any atom is 0.198 e. The van der Waals surface area contributed by atoms with Crippen LogP contribution in [0.15, 0.2) is 24.3 Å². The highest BCUT2D eigenvalue weighted by atomic mass is 16.5. The third kappa shape index (κ3) is 2.16. The fourth-order valence-corrected chi connectivity index (χ4v) is 3.78. The number of hydrogen-bond acceptors (Lipinski definition) is 5. The molecule has 2 aliphatic rings. The van der Waals surface area contributed by atoms with Gasteiger partial charge in [-0.05, 0) is 48.2 Å². The summed E-state index contributed by atoms with van der Waals surface area (Å²) in [6.45, 7) is 0. The van der Waals surface area contributed by atoms with Gasteiger partial charge in [0.2, 0.25) is 0 Å². The van der Waals surface area contributed by atoms with Gasteiger partial charge in [-0.25, -0.2) is 0 Å². The van der Waals surface area contributed by atoms with Crippen molar-refractivity contribution in [3.8, 4) is 23.8 Å². The van der Waals surface area contributed by atoms with Gasteiger partial charge < -0.3 is 14.9 Å². The molecule has 0 saturated heterocycles. The van der Waals surface area contributed by atoms with Gasteiger partial charge in [-0.2, -0.15) is 0 Å². The lowest BCUT2D eigenvalue weighted by Gasteiger charge is -2.31. The second kappa shape index (κ2) is 5.45. The van der Waals surface area contributed by atoms with Gasteiger partial charge in [0.25, 0.3) is 0 Å². The zero-order chi connectivity index (χ0) is 18.6. The fourth-order valence-electron chi connectivity index (χ4n) is 3.78. The van der Waals surface area contributed by atoms with E-state index in [4.69, 9.17) is 11.2 Å². The predicted octanol–water partition coefficient (Wildman–Crippen LogP) is 2.03. The van der Waals surface area contributed by atoms with Crippen LogP contribution in [0, 0.1) is 12.3 Å². The van der Waals surface area contributed by atoms with Crippen molar-refractivity contribution in [3.05, 3.63) is 57.6 Å². The van der Waals surface area contributed by atoms with E-state index < -0.39 is 11.4 Å². The normalized spacial score (nSPS) is 20.7. The number of methoxy groups -OCH3 is 1. The van der Waals surface area contributed by atoms with Gasteiger partial charge in [-0.15, -0.1) is 6.42 Å². The van der Waals surface area contributed by atoms with E-state index in [0.29, 0.717) is 29.7 Å². The van der Waals surface area contributed by atoms with Crippen molar-refractivity contribution in [1.29, 1.82) is 0 Å². The molecule has 2 N–H and O–H groups in total. The number of hydrogen-bond donors (Lipinski definition) is 2. The van der Waals surface area contributed by atoms with E-state index >= 15 is 0 Å². The number of aromatic hydroxyl groups is 1. The molecule has 0 radical (unpaired) electrons. The number of phenolic OH excluding ortho intramolecular Hbond substituents is 1. The first-order chi connectivity index (χ1) is 12.4. The van der Waals surface area contributed by atoms with Crippen molar-refractivity contribution in [2.45, 2.75) is 24.9 Å². The van der Waals surface area contributed by atoms with E-state index in [2.05, 4.69) is 5.92 Å². The average molecular weight is 348 g/mol. The summed E-state index contributed by atoms with van der Waals surface area (Å²) in [5.41, 5.74) is 0.503. The first-order valence-corrected chi connectivity index (χ1v) is 8.24. The molecule has 1 atom stereocenters. The summed E-state index contributed by atoms with van der Waals surface area (Å²) in [5.74, 6) is 1.91. The molecule has 130 valence electrons. The van der Waals surface area contributed by atoms with Crippen molar-refractivity contribution in [2.24, 2.45) is 0 Å². The Hall–Kier alpha value is -3.10. The highest BCUT2D eigenvalue weighted by Crippen LogP contribution is 2.41. The minimum Gasteiger partial charge on any atom is -0.507 e. The minimum atomic E-state index is -1.31. The van der Waals surface area contributed by atoms with Crippen LogP contribution < -0.4 is 4.74 Å². The van der Waals surface area contributed by atoms with Crippen LogP contribution in [0.3, 0.4) is 0 Å². The van der Waals surface area contributed by atoms with E-state index in [9.17, 15) is 19.8 Å². The van der Waals surface area contributed by atoms with Gasteiger partial charge in [0.05, 0.1) is 12.7 Å². The van der Waals surface area contributed by atoms with Gasteiger partial charge >= 0.3 is 0 Å². The van der Waals surface area contributed by atoms with Crippen LogP contribution >= 0.6 is 0 Å². The summed E-state index contributed by atoms with van der Waals surface area (Å²) >= 11 is 0. The number of ketones is 2. The molecule has 1 unspecified atom stereocenters. The molecule has 5 heteroatoms. The first kappa shape index (κ1) is 16.4. The van der Waals surface area contributed by atoms with Gasteiger partial charge in [0, 0.05) is 23.1 Å². The molecular weight excluding hydrogens is 332 g/mol. The zero-order valence-electron chi connectivity index (χ0n) is 14.1. The smallest absolute Gasteiger partial charge is 0.198 e. The quantitative estimate of drug-likeness (QED) is 0.658. The number of ether oxygens (including phenoxy) is 1. The number of carbonyl (C=O) groups excluding carboxylic acids is 2. The van der Waals surface area contributed by atoms with E-state index in [1.807, 2.05) is 0 Å². The number of carbonyl (C=O) groups is 2. The Kier molecular flexibility index (Phi) is 3.43. The van der Waals surface area contributed by atoms with Crippen molar-refractivity contribution in [1.82, 2.24) is 0 Å². The molecule has 0 heterocycles. The lowest BCUT2D eigenvalue weighted by atomic mass is 9.75. The second-order valence-corrected chi connectivity index (χ2v) is 6.71. The zero-order valence-corrected chi connectivity index (χ0v) is 14.1. The van der Waals surface area contributed by atoms with Crippen molar-refractivity contribution in [2.75, 3.05) is 7.11 Å². The van der Waals surface area contributed by atoms with Gasteiger partial charge in [0.1, 0.15) is 17.1 Å². The fraction of sp³-hybridized carbons (Fsp3) is 0.238. The average Bonchev–Trinajstić information content (AvgIpc) is 2.65. The summed E-state index contributed by atoms with van der Waals surface area (Å²) in [5, 5.41) is 21.1. The third-order valence-corrected chi connectivity index (χ3v) is 5.23. The molecular formula is C21H16O5. The summed E-state index contributed by atoms with van der Waals surface area (Å²) in [4.78, 5) is 25.9. The van der Waals surface area contributed by atoms with Crippen molar-refractivity contribution < 1.29 is 24.5 Å². The molecule has 0 aromatic heterocycles. The van der Waals surface area contributed by atoms with Crippen LogP contribution in [0.2, 0.25) is 0 Å². The Labute approximate surface area is 150 Å². The third-order valence-electron chi connectivity index (χ3n) is 5.23. The molecule has 0 fully saturated rings. The standard InChI is InChI=1S/C21H16O5/c1-3-21(25)7-6-13-11(10-21)8-16-17(19(13)23)20(24)14-5-4-12(26-2)9-15(14)18(16)22/h1,4-5,8-9,23,25H,6-7,10H2,2H3. The Balaban J connectivity index is 1.93. The summed E-state index contributed by atoms with van der Waals surface area (Å²) in [6.07, 6.45) is 6.18. The summed E-state index contributed by atoms with van der Waals surface area (Å²) in [7, 11) is 1.48. The van der Waals surface area contributed by atoms with Crippen LogP contribution in [0.1, 0.15) is 49.4 Å². The summed E-state index contributed by atoms with van der Waals surface area (Å²) in [6, 6.07) is 6.24. The Bertz CT molecular complexity index is 1030. The van der Waals surface area contributed by atoms with Crippen LogP contribution in [0.5, 0.6) is 11.5 Å². The largest absolute Gasteiger partial charge is 0.507 e. The van der Waals surface area contributed by atoms with E-state index in [1.54, 1.807) is 12.1 Å². The topological polar surface area (TPSA) is 83.8 Å².